The number of nitrogens with zero attached hydrogens (tertiary/aromatic N) is 4. The lowest BCUT2D eigenvalue weighted by Gasteiger charge is -2.32. The van der Waals surface area contributed by atoms with Crippen molar-refractivity contribution in [3.63, 3.8) is 0 Å². The second kappa shape index (κ2) is 9.99. The smallest absolute Gasteiger partial charge is 0.211 e. The Kier molecular flexibility index (Phi) is 6.92. The van der Waals surface area contributed by atoms with Gasteiger partial charge in [-0.3, -0.25) is 0 Å². The quantitative estimate of drug-likeness (QED) is 0.299. The van der Waals surface area contributed by atoms with Crippen molar-refractivity contribution in [2.45, 2.75) is 19.4 Å². The number of carbonyl (C=O) groups excluding carboxylic acids is 4. The molecule has 8 nitrogen and oxygen atoms in total. The molecule has 3 aromatic carbocycles. The molecule has 0 aliphatic rings. The van der Waals surface area contributed by atoms with Crippen LogP contribution < -0.4 is 0 Å². The maximum Gasteiger partial charge on any atom is 0.240 e. The maximum absolute atomic E-state index is 11.8. The van der Waals surface area contributed by atoms with Gasteiger partial charge < -0.3 is 0 Å². The van der Waals surface area contributed by atoms with E-state index in [4.69, 9.17) is 0 Å². The maximum atomic E-state index is 11.8. The van der Waals surface area contributed by atoms with Gasteiger partial charge in [-0.15, -0.1) is 0 Å². The van der Waals surface area contributed by atoms with E-state index >= 15 is 0 Å². The number of hydrogen-bond acceptors (Lipinski definition) is 8. The molecule has 8 heteroatoms. The van der Waals surface area contributed by atoms with Gasteiger partial charge in [0.1, 0.15) is 17.1 Å². The molecule has 0 aliphatic heterocycles. The number of rotatable bonds is 7. The fourth-order valence-electron chi connectivity index (χ4n) is 3.84. The predicted molar refractivity (Wildman–Crippen MR) is 120 cm³/mol. The topological polar surface area (TPSA) is 118 Å². The van der Waals surface area contributed by atoms with Gasteiger partial charge in [0.15, 0.2) is 5.54 Å². The number of aryl methyl sites for hydroxylation is 2. The Morgan fingerprint density at radius 2 is 1.24 bits per heavy atom. The first-order chi connectivity index (χ1) is 16.0. The molecule has 0 bridgehead atoms. The normalized spacial score (nSPS) is 11.6. The largest absolute Gasteiger partial charge is 0.240 e. The van der Waals surface area contributed by atoms with Crippen LogP contribution in [-0.4, -0.2) is 24.3 Å². The zero-order valence-corrected chi connectivity index (χ0v) is 17.7. The van der Waals surface area contributed by atoms with Crippen LogP contribution >= 0.6 is 0 Å². The molecule has 0 heterocycles. The summed E-state index contributed by atoms with van der Waals surface area (Å²) in [5.41, 5.74) is 0.791. The Bertz CT molecular complexity index is 1410. The van der Waals surface area contributed by atoms with Crippen LogP contribution in [0.4, 0.5) is 17.1 Å². The van der Waals surface area contributed by atoms with Crippen molar-refractivity contribution in [3.05, 3.63) is 88.5 Å². The van der Waals surface area contributed by atoms with Crippen LogP contribution in [0.2, 0.25) is 0 Å². The molecule has 0 spiro atoms. The van der Waals surface area contributed by atoms with Crippen molar-refractivity contribution in [1.29, 1.82) is 0 Å². The highest BCUT2D eigenvalue weighted by molar-refractivity contribution is 5.87. The molecule has 0 N–H and O–H groups in total. The van der Waals surface area contributed by atoms with Gasteiger partial charge in [0.05, 0.1) is 0 Å². The van der Waals surface area contributed by atoms with Crippen molar-refractivity contribution >= 4 is 41.4 Å². The first kappa shape index (κ1) is 22.9. The standard InChI is InChI=1S/C25H16N4O4/c1-17-7-6-10-20(11-17)25(29-16-33,19-8-4-3-5-9-19)21-12-18(2)22(26-13-30)24(28-15-32)23(21)27-14-31/h3-12H,1-2H3. The Labute approximate surface area is 188 Å². The molecule has 33 heavy (non-hydrogen) atoms. The summed E-state index contributed by atoms with van der Waals surface area (Å²) in [6.45, 7) is 3.50. The van der Waals surface area contributed by atoms with Gasteiger partial charge in [0, 0.05) is 5.56 Å². The minimum atomic E-state index is -1.52. The molecule has 0 saturated heterocycles. The highest BCUT2D eigenvalue weighted by Gasteiger charge is 2.40. The van der Waals surface area contributed by atoms with Crippen LogP contribution in [-0.2, 0) is 24.7 Å². The molecule has 3 aromatic rings. The van der Waals surface area contributed by atoms with Crippen LogP contribution in [0.3, 0.4) is 0 Å². The molecule has 0 amide bonds. The van der Waals surface area contributed by atoms with E-state index in [1.54, 1.807) is 61.5 Å². The third-order valence-corrected chi connectivity index (χ3v) is 5.14. The Hall–Kier alpha value is -4.82. The number of isocyanates is 4. The molecule has 0 radical (unpaired) electrons. The average Bonchev–Trinajstić information content (AvgIpc) is 2.82. The van der Waals surface area contributed by atoms with Crippen LogP contribution in [0.25, 0.3) is 0 Å². The van der Waals surface area contributed by atoms with E-state index in [-0.39, 0.29) is 22.6 Å². The van der Waals surface area contributed by atoms with Crippen LogP contribution in [0, 0.1) is 13.8 Å². The summed E-state index contributed by atoms with van der Waals surface area (Å²) in [6, 6.07) is 17.7. The van der Waals surface area contributed by atoms with Gasteiger partial charge in [0.25, 0.3) is 0 Å². The van der Waals surface area contributed by atoms with Gasteiger partial charge in [0.2, 0.25) is 24.3 Å². The summed E-state index contributed by atoms with van der Waals surface area (Å²) >= 11 is 0. The molecule has 0 aliphatic carbocycles. The Morgan fingerprint density at radius 3 is 1.85 bits per heavy atom. The monoisotopic (exact) mass is 436 g/mol. The van der Waals surface area contributed by atoms with Gasteiger partial charge >= 0.3 is 0 Å². The van der Waals surface area contributed by atoms with Gasteiger partial charge in [-0.1, -0.05) is 60.2 Å². The lowest BCUT2D eigenvalue weighted by Crippen LogP contribution is -2.27. The average molecular weight is 436 g/mol. The van der Waals surface area contributed by atoms with Gasteiger partial charge in [-0.25, -0.2) is 19.2 Å². The molecule has 3 rings (SSSR count). The number of benzene rings is 3. The van der Waals surface area contributed by atoms with Crippen molar-refractivity contribution in [1.82, 2.24) is 0 Å². The number of hydrogen-bond donors (Lipinski definition) is 0. The van der Waals surface area contributed by atoms with Crippen LogP contribution in [0.15, 0.2) is 80.6 Å². The van der Waals surface area contributed by atoms with E-state index in [1.807, 2.05) is 19.1 Å². The number of aliphatic imine (C=N–C) groups is 4. The van der Waals surface area contributed by atoms with E-state index in [9.17, 15) is 19.2 Å². The zero-order chi connectivity index (χ0) is 23.8. The van der Waals surface area contributed by atoms with E-state index in [0.717, 1.165) is 5.56 Å². The lowest BCUT2D eigenvalue weighted by atomic mass is 9.75. The fourth-order valence-corrected chi connectivity index (χ4v) is 3.84. The second-order valence-electron chi connectivity index (χ2n) is 7.05. The highest BCUT2D eigenvalue weighted by atomic mass is 16.1. The minimum Gasteiger partial charge on any atom is -0.211 e. The van der Waals surface area contributed by atoms with Crippen molar-refractivity contribution in [2.75, 3.05) is 0 Å². The summed E-state index contributed by atoms with van der Waals surface area (Å²) in [6.07, 6.45) is 5.89. The molecular formula is C25H16N4O4. The van der Waals surface area contributed by atoms with Gasteiger partial charge in [-0.2, -0.15) is 20.0 Å². The van der Waals surface area contributed by atoms with Crippen LogP contribution in [0.1, 0.15) is 27.8 Å². The molecule has 0 aromatic heterocycles. The van der Waals surface area contributed by atoms with Gasteiger partial charge in [-0.05, 0) is 36.6 Å². The van der Waals surface area contributed by atoms with E-state index < -0.39 is 5.54 Å². The predicted octanol–water partition coefficient (Wildman–Crippen LogP) is 4.83. The summed E-state index contributed by atoms with van der Waals surface area (Å²) in [5, 5.41) is 0. The molecule has 1 unspecified atom stereocenters. The molecule has 160 valence electrons. The van der Waals surface area contributed by atoms with Crippen LogP contribution in [0.5, 0.6) is 0 Å². The van der Waals surface area contributed by atoms with E-state index in [0.29, 0.717) is 16.7 Å². The lowest BCUT2D eigenvalue weighted by molar-refractivity contribution is 0.550. The summed E-state index contributed by atoms with van der Waals surface area (Å²) < 4.78 is 0. The Balaban J connectivity index is 2.66. The highest BCUT2D eigenvalue weighted by Crippen LogP contribution is 2.51. The third-order valence-electron chi connectivity index (χ3n) is 5.14. The first-order valence-electron chi connectivity index (χ1n) is 9.66. The van der Waals surface area contributed by atoms with E-state index in [1.165, 1.54) is 18.2 Å². The second-order valence-corrected chi connectivity index (χ2v) is 7.05. The van der Waals surface area contributed by atoms with Crippen molar-refractivity contribution in [3.8, 4) is 0 Å². The van der Waals surface area contributed by atoms with E-state index in [2.05, 4.69) is 20.0 Å². The molecule has 0 saturated carbocycles. The minimum absolute atomic E-state index is 0.0209. The Morgan fingerprint density at radius 1 is 0.636 bits per heavy atom. The molecule has 1 atom stereocenters. The summed E-state index contributed by atoms with van der Waals surface area (Å²) in [4.78, 5) is 60.7. The molecular weight excluding hydrogens is 420 g/mol. The summed E-state index contributed by atoms with van der Waals surface area (Å²) in [5.74, 6) is 0. The third kappa shape index (κ3) is 4.18. The fraction of sp³-hybridized carbons (Fsp3) is 0.120. The van der Waals surface area contributed by atoms with Crippen molar-refractivity contribution in [2.24, 2.45) is 20.0 Å². The zero-order valence-electron chi connectivity index (χ0n) is 17.7. The first-order valence-corrected chi connectivity index (χ1v) is 9.66. The SMILES string of the molecule is Cc1cccc(C(N=C=O)(c2ccccc2)c2cc(C)c(N=C=O)c(N=C=O)c2N=C=O)c1. The molecule has 0 fully saturated rings. The van der Waals surface area contributed by atoms with Crippen molar-refractivity contribution < 1.29 is 19.2 Å². The summed E-state index contributed by atoms with van der Waals surface area (Å²) in [7, 11) is 0.